The Hall–Kier alpha value is -2.01. The summed E-state index contributed by atoms with van der Waals surface area (Å²) in [6, 6.07) is 5.38. The number of ether oxygens (including phenoxy) is 2. The van der Waals surface area contributed by atoms with Crippen molar-refractivity contribution in [2.24, 2.45) is 0 Å². The van der Waals surface area contributed by atoms with Gasteiger partial charge in [0.05, 0.1) is 20.8 Å². The van der Waals surface area contributed by atoms with Crippen LogP contribution in [0.15, 0.2) is 30.6 Å². The number of hydrogen-bond acceptors (Lipinski definition) is 4. The highest BCUT2D eigenvalue weighted by Crippen LogP contribution is 2.30. The minimum Gasteiger partial charge on any atom is -0.497 e. The zero-order valence-electron chi connectivity index (χ0n) is 11.3. The summed E-state index contributed by atoms with van der Waals surface area (Å²) in [4.78, 5) is 4.13. The third-order valence-corrected chi connectivity index (χ3v) is 3.09. The summed E-state index contributed by atoms with van der Waals surface area (Å²) in [6.07, 6.45) is 2.90. The van der Waals surface area contributed by atoms with E-state index in [-0.39, 0.29) is 0 Å². The fourth-order valence-corrected chi connectivity index (χ4v) is 1.98. The zero-order chi connectivity index (χ0) is 13.8. The van der Waals surface area contributed by atoms with Crippen molar-refractivity contribution in [3.63, 3.8) is 0 Å². The molecule has 0 amide bonds. The van der Waals surface area contributed by atoms with Gasteiger partial charge in [-0.15, -0.1) is 0 Å². The van der Waals surface area contributed by atoms with Gasteiger partial charge >= 0.3 is 0 Å². The topological polar surface area (TPSA) is 56.5 Å². The van der Waals surface area contributed by atoms with Crippen molar-refractivity contribution < 1.29 is 14.6 Å². The second kappa shape index (κ2) is 5.75. The Morgan fingerprint density at radius 2 is 2.11 bits per heavy atom. The first-order chi connectivity index (χ1) is 9.15. The number of methoxy groups -OCH3 is 2. The van der Waals surface area contributed by atoms with Gasteiger partial charge in [0.1, 0.15) is 23.4 Å². The molecule has 0 aliphatic heterocycles. The first-order valence-electron chi connectivity index (χ1n) is 6.03. The van der Waals surface area contributed by atoms with Crippen LogP contribution in [0.5, 0.6) is 11.5 Å². The number of nitrogens with zero attached hydrogens (tertiary/aromatic N) is 2. The Balaban J connectivity index is 2.23. The Kier molecular flexibility index (Phi) is 4.06. The number of aromatic nitrogens is 2. The van der Waals surface area contributed by atoms with Gasteiger partial charge < -0.3 is 19.1 Å². The van der Waals surface area contributed by atoms with E-state index in [1.807, 2.05) is 29.8 Å². The lowest BCUT2D eigenvalue weighted by atomic mass is 10.1. The highest BCUT2D eigenvalue weighted by molar-refractivity contribution is 5.41. The van der Waals surface area contributed by atoms with Crippen LogP contribution in [0.2, 0.25) is 0 Å². The van der Waals surface area contributed by atoms with Crippen LogP contribution in [0.3, 0.4) is 0 Å². The molecule has 2 rings (SSSR count). The summed E-state index contributed by atoms with van der Waals surface area (Å²) < 4.78 is 12.3. The van der Waals surface area contributed by atoms with E-state index in [9.17, 15) is 5.11 Å². The number of hydrogen-bond donors (Lipinski definition) is 1. The van der Waals surface area contributed by atoms with E-state index >= 15 is 0 Å². The maximum atomic E-state index is 10.3. The lowest BCUT2D eigenvalue weighted by molar-refractivity contribution is 0.151. The minimum atomic E-state index is -0.659. The molecule has 19 heavy (non-hydrogen) atoms. The molecule has 1 unspecified atom stereocenters. The normalized spacial score (nSPS) is 12.2. The van der Waals surface area contributed by atoms with Crippen LogP contribution in [-0.2, 0) is 6.54 Å². The van der Waals surface area contributed by atoms with Crippen LogP contribution >= 0.6 is 0 Å². The summed E-state index contributed by atoms with van der Waals surface area (Å²) in [6.45, 7) is 2.34. The first kappa shape index (κ1) is 13.4. The standard InChI is InChI=1S/C14H18N2O3/c1-10-15-6-7-16(10)9-13(17)12-5-4-11(18-2)8-14(12)19-3/h4-8,13,17H,9H2,1-3H3. The minimum absolute atomic E-state index is 0.439. The van der Waals surface area contributed by atoms with Gasteiger partial charge in [-0.1, -0.05) is 0 Å². The predicted octanol–water partition coefficient (Wildman–Crippen LogP) is 1.94. The maximum Gasteiger partial charge on any atom is 0.128 e. The van der Waals surface area contributed by atoms with Gasteiger partial charge in [0.2, 0.25) is 0 Å². The van der Waals surface area contributed by atoms with Crippen molar-refractivity contribution in [2.45, 2.75) is 19.6 Å². The Morgan fingerprint density at radius 3 is 2.68 bits per heavy atom. The summed E-state index contributed by atoms with van der Waals surface area (Å²) in [5.74, 6) is 2.18. The predicted molar refractivity (Wildman–Crippen MR) is 71.5 cm³/mol. The number of rotatable bonds is 5. The first-order valence-corrected chi connectivity index (χ1v) is 6.03. The average Bonchev–Trinajstić information content (AvgIpc) is 2.83. The lowest BCUT2D eigenvalue weighted by Gasteiger charge is -2.16. The highest BCUT2D eigenvalue weighted by Gasteiger charge is 2.15. The molecule has 2 aromatic rings. The van der Waals surface area contributed by atoms with Crippen LogP contribution in [0, 0.1) is 6.92 Å². The Bertz CT molecular complexity index is 551. The molecule has 1 heterocycles. The zero-order valence-corrected chi connectivity index (χ0v) is 11.3. The largest absolute Gasteiger partial charge is 0.497 e. The number of aliphatic hydroxyl groups is 1. The van der Waals surface area contributed by atoms with Gasteiger partial charge in [-0.3, -0.25) is 0 Å². The molecular weight excluding hydrogens is 244 g/mol. The van der Waals surface area contributed by atoms with Crippen molar-refractivity contribution in [2.75, 3.05) is 14.2 Å². The molecule has 0 spiro atoms. The van der Waals surface area contributed by atoms with Gasteiger partial charge in [0.25, 0.3) is 0 Å². The van der Waals surface area contributed by atoms with E-state index in [1.54, 1.807) is 26.5 Å². The lowest BCUT2D eigenvalue weighted by Crippen LogP contribution is -2.10. The summed E-state index contributed by atoms with van der Waals surface area (Å²) in [7, 11) is 3.17. The smallest absolute Gasteiger partial charge is 0.128 e. The second-order valence-corrected chi connectivity index (χ2v) is 4.25. The van der Waals surface area contributed by atoms with Crippen LogP contribution in [-0.4, -0.2) is 28.9 Å². The molecule has 0 saturated heterocycles. The molecule has 0 saturated carbocycles. The molecule has 0 radical (unpaired) electrons. The van der Waals surface area contributed by atoms with Gasteiger partial charge in [-0.25, -0.2) is 4.98 Å². The molecule has 1 N–H and O–H groups in total. The third-order valence-electron chi connectivity index (χ3n) is 3.09. The van der Waals surface area contributed by atoms with Gasteiger partial charge in [0, 0.05) is 24.0 Å². The van der Waals surface area contributed by atoms with Crippen molar-refractivity contribution in [1.29, 1.82) is 0 Å². The van der Waals surface area contributed by atoms with Gasteiger partial charge in [0.15, 0.2) is 0 Å². The van der Waals surface area contributed by atoms with Crippen molar-refractivity contribution in [3.05, 3.63) is 42.0 Å². The molecule has 5 heteroatoms. The molecule has 1 atom stereocenters. The molecule has 1 aromatic heterocycles. The number of benzene rings is 1. The van der Waals surface area contributed by atoms with Crippen molar-refractivity contribution in [3.8, 4) is 11.5 Å². The Labute approximate surface area is 112 Å². The average molecular weight is 262 g/mol. The van der Waals surface area contributed by atoms with Gasteiger partial charge in [-0.2, -0.15) is 0 Å². The van der Waals surface area contributed by atoms with E-state index in [2.05, 4.69) is 4.98 Å². The van der Waals surface area contributed by atoms with Crippen molar-refractivity contribution in [1.82, 2.24) is 9.55 Å². The molecule has 0 aliphatic carbocycles. The fourth-order valence-electron chi connectivity index (χ4n) is 1.98. The monoisotopic (exact) mass is 262 g/mol. The van der Waals surface area contributed by atoms with E-state index in [1.165, 1.54) is 0 Å². The quantitative estimate of drug-likeness (QED) is 0.894. The summed E-state index contributed by atoms with van der Waals surface area (Å²) in [5, 5.41) is 10.3. The molecule has 0 fully saturated rings. The second-order valence-electron chi connectivity index (χ2n) is 4.25. The molecule has 0 bridgehead atoms. The summed E-state index contributed by atoms with van der Waals surface area (Å²) in [5.41, 5.74) is 0.733. The van der Waals surface area contributed by atoms with Crippen LogP contribution in [0.25, 0.3) is 0 Å². The van der Waals surface area contributed by atoms with E-state index in [0.717, 1.165) is 11.4 Å². The van der Waals surface area contributed by atoms with Crippen molar-refractivity contribution >= 4 is 0 Å². The summed E-state index contributed by atoms with van der Waals surface area (Å²) >= 11 is 0. The molecule has 102 valence electrons. The number of aliphatic hydroxyl groups excluding tert-OH is 1. The van der Waals surface area contributed by atoms with Crippen LogP contribution < -0.4 is 9.47 Å². The molecule has 0 aliphatic rings. The highest BCUT2D eigenvalue weighted by atomic mass is 16.5. The van der Waals surface area contributed by atoms with E-state index < -0.39 is 6.10 Å². The number of aryl methyl sites for hydroxylation is 1. The number of imidazole rings is 1. The molecular formula is C14H18N2O3. The van der Waals surface area contributed by atoms with Gasteiger partial charge in [-0.05, 0) is 19.1 Å². The van der Waals surface area contributed by atoms with E-state index in [4.69, 9.17) is 9.47 Å². The third kappa shape index (κ3) is 2.88. The molecule has 1 aromatic carbocycles. The van der Waals surface area contributed by atoms with Crippen LogP contribution in [0.4, 0.5) is 0 Å². The Morgan fingerprint density at radius 1 is 1.32 bits per heavy atom. The maximum absolute atomic E-state index is 10.3. The van der Waals surface area contributed by atoms with E-state index in [0.29, 0.717) is 18.0 Å². The van der Waals surface area contributed by atoms with Crippen LogP contribution in [0.1, 0.15) is 17.5 Å². The fraction of sp³-hybridized carbons (Fsp3) is 0.357. The SMILES string of the molecule is COc1ccc(C(O)Cn2ccnc2C)c(OC)c1. The molecule has 5 nitrogen and oxygen atoms in total.